The Kier molecular flexibility index (Phi) is 2.73. The van der Waals surface area contributed by atoms with Crippen molar-refractivity contribution in [2.45, 2.75) is 0 Å². The van der Waals surface area contributed by atoms with Gasteiger partial charge in [0, 0.05) is 19.6 Å². The molecule has 4 heteroatoms. The number of rotatable bonds is 4. The molecule has 0 saturated carbocycles. The Labute approximate surface area is 59.9 Å². The van der Waals surface area contributed by atoms with Crippen LogP contribution in [0.1, 0.15) is 0 Å². The Balaban J connectivity index is 2.02. The van der Waals surface area contributed by atoms with Crippen LogP contribution in [-0.2, 0) is 4.79 Å². The van der Waals surface area contributed by atoms with E-state index in [0.29, 0.717) is 13.0 Å². The number of aliphatic imine (C=N–C) groups is 1. The van der Waals surface area contributed by atoms with Crippen molar-refractivity contribution in [3.63, 3.8) is 0 Å². The Morgan fingerprint density at radius 2 is 2.70 bits per heavy atom. The van der Waals surface area contributed by atoms with Crippen molar-refractivity contribution in [3.05, 3.63) is 0 Å². The maximum absolute atomic E-state index is 9.82. The molecule has 0 bridgehead atoms. The average Bonchev–Trinajstić information content (AvgIpc) is 2.41. The van der Waals surface area contributed by atoms with Gasteiger partial charge in [0.15, 0.2) is 0 Å². The van der Waals surface area contributed by atoms with Crippen LogP contribution in [0.15, 0.2) is 4.99 Å². The zero-order valence-corrected chi connectivity index (χ0v) is 5.79. The van der Waals surface area contributed by atoms with Crippen LogP contribution in [0.4, 0.5) is 0 Å². The molecule has 1 aliphatic heterocycles. The Bertz CT molecular complexity index is 135. The minimum absolute atomic E-state index is 0.704. The van der Waals surface area contributed by atoms with E-state index in [4.69, 9.17) is 0 Å². The molecule has 10 heavy (non-hydrogen) atoms. The summed E-state index contributed by atoms with van der Waals surface area (Å²) in [6, 6.07) is 0. The van der Waals surface area contributed by atoms with Crippen LogP contribution in [0.2, 0.25) is 0 Å². The third kappa shape index (κ3) is 2.05. The standard InChI is InChI=1S/C6H11N3O/c10-6-8-2-4-9-3-1-7-5-9/h5-6H,1-4H2,(H,8,10). The van der Waals surface area contributed by atoms with Crippen LogP contribution in [0, 0.1) is 0 Å². The molecule has 0 fully saturated rings. The van der Waals surface area contributed by atoms with Gasteiger partial charge in [-0.3, -0.25) is 9.79 Å². The summed E-state index contributed by atoms with van der Waals surface area (Å²) in [6.07, 6.45) is 2.54. The molecule has 0 aromatic rings. The van der Waals surface area contributed by atoms with E-state index in [1.807, 2.05) is 6.34 Å². The predicted molar refractivity (Wildman–Crippen MR) is 39.0 cm³/mol. The summed E-state index contributed by atoms with van der Waals surface area (Å²) >= 11 is 0. The fourth-order valence-corrected chi connectivity index (χ4v) is 0.854. The lowest BCUT2D eigenvalue weighted by atomic mass is 10.5. The second-order valence-electron chi connectivity index (χ2n) is 2.13. The summed E-state index contributed by atoms with van der Waals surface area (Å²) in [7, 11) is 0. The highest BCUT2D eigenvalue weighted by Crippen LogP contribution is 1.89. The number of carbonyl (C=O) groups excluding carboxylic acids is 1. The smallest absolute Gasteiger partial charge is 0.207 e. The van der Waals surface area contributed by atoms with Crippen LogP contribution in [0.5, 0.6) is 0 Å². The van der Waals surface area contributed by atoms with Crippen molar-refractivity contribution in [2.75, 3.05) is 26.2 Å². The molecule has 0 aliphatic carbocycles. The highest BCUT2D eigenvalue weighted by atomic mass is 16.1. The number of nitrogens with one attached hydrogen (secondary N) is 1. The van der Waals surface area contributed by atoms with Gasteiger partial charge in [0.05, 0.1) is 12.9 Å². The normalized spacial score (nSPS) is 15.8. The van der Waals surface area contributed by atoms with Gasteiger partial charge in [0.25, 0.3) is 0 Å². The Hall–Kier alpha value is -1.06. The molecular weight excluding hydrogens is 130 g/mol. The summed E-state index contributed by atoms with van der Waals surface area (Å²) in [6.45, 7) is 3.44. The molecule has 0 saturated heterocycles. The largest absolute Gasteiger partial charge is 0.359 e. The molecule has 0 aromatic carbocycles. The molecule has 0 unspecified atom stereocenters. The van der Waals surface area contributed by atoms with Crippen molar-refractivity contribution in [1.82, 2.24) is 10.2 Å². The molecule has 1 aliphatic rings. The molecule has 1 heterocycles. The second kappa shape index (κ2) is 3.87. The van der Waals surface area contributed by atoms with Crippen LogP contribution >= 0.6 is 0 Å². The summed E-state index contributed by atoms with van der Waals surface area (Å²) in [5.74, 6) is 0. The van der Waals surface area contributed by atoms with E-state index in [2.05, 4.69) is 15.2 Å². The Morgan fingerprint density at radius 3 is 3.30 bits per heavy atom. The predicted octanol–water partition coefficient (Wildman–Crippen LogP) is -0.924. The first-order valence-corrected chi connectivity index (χ1v) is 3.34. The lowest BCUT2D eigenvalue weighted by Crippen LogP contribution is -2.29. The third-order valence-corrected chi connectivity index (χ3v) is 1.39. The zero-order valence-electron chi connectivity index (χ0n) is 5.79. The fourth-order valence-electron chi connectivity index (χ4n) is 0.854. The number of nitrogens with zero attached hydrogens (tertiary/aromatic N) is 2. The summed E-state index contributed by atoms with van der Waals surface area (Å²) in [4.78, 5) is 15.9. The molecule has 0 aromatic heterocycles. The maximum atomic E-state index is 9.82. The lowest BCUT2D eigenvalue weighted by molar-refractivity contribution is -0.109. The molecule has 4 nitrogen and oxygen atoms in total. The molecule has 1 N–H and O–H groups in total. The molecular formula is C6H11N3O. The van der Waals surface area contributed by atoms with Crippen LogP contribution in [-0.4, -0.2) is 43.8 Å². The highest BCUT2D eigenvalue weighted by Gasteiger charge is 2.02. The number of amides is 1. The molecule has 1 rings (SSSR count). The summed E-state index contributed by atoms with van der Waals surface area (Å²) in [5, 5.41) is 2.59. The van der Waals surface area contributed by atoms with E-state index in [9.17, 15) is 4.79 Å². The first-order valence-electron chi connectivity index (χ1n) is 3.34. The van der Waals surface area contributed by atoms with Crippen LogP contribution in [0.25, 0.3) is 0 Å². The van der Waals surface area contributed by atoms with E-state index < -0.39 is 0 Å². The lowest BCUT2D eigenvalue weighted by Gasteiger charge is -2.11. The van der Waals surface area contributed by atoms with Gasteiger partial charge in [-0.25, -0.2) is 0 Å². The fraction of sp³-hybridized carbons (Fsp3) is 0.667. The van der Waals surface area contributed by atoms with Crippen molar-refractivity contribution in [2.24, 2.45) is 4.99 Å². The van der Waals surface area contributed by atoms with Gasteiger partial charge in [-0.1, -0.05) is 0 Å². The van der Waals surface area contributed by atoms with Gasteiger partial charge < -0.3 is 10.2 Å². The van der Waals surface area contributed by atoms with Gasteiger partial charge in [0.2, 0.25) is 6.41 Å². The number of hydrogen-bond acceptors (Lipinski definition) is 3. The maximum Gasteiger partial charge on any atom is 0.207 e. The van der Waals surface area contributed by atoms with E-state index >= 15 is 0 Å². The topological polar surface area (TPSA) is 44.7 Å². The SMILES string of the molecule is O=CNCCN1C=NCC1. The van der Waals surface area contributed by atoms with Gasteiger partial charge in [-0.15, -0.1) is 0 Å². The second-order valence-corrected chi connectivity index (χ2v) is 2.13. The van der Waals surface area contributed by atoms with Crippen molar-refractivity contribution < 1.29 is 4.79 Å². The first kappa shape index (κ1) is 7.05. The Morgan fingerprint density at radius 1 is 1.80 bits per heavy atom. The zero-order chi connectivity index (χ0) is 7.23. The van der Waals surface area contributed by atoms with E-state index in [1.54, 1.807) is 0 Å². The average molecular weight is 141 g/mol. The van der Waals surface area contributed by atoms with Gasteiger partial charge in [-0.05, 0) is 0 Å². The van der Waals surface area contributed by atoms with Crippen molar-refractivity contribution in [1.29, 1.82) is 0 Å². The molecule has 0 spiro atoms. The van der Waals surface area contributed by atoms with Gasteiger partial charge in [0.1, 0.15) is 0 Å². The molecule has 1 amide bonds. The summed E-state index contributed by atoms with van der Waals surface area (Å²) < 4.78 is 0. The summed E-state index contributed by atoms with van der Waals surface area (Å²) in [5.41, 5.74) is 0. The van der Waals surface area contributed by atoms with E-state index in [-0.39, 0.29) is 0 Å². The minimum atomic E-state index is 0.704. The molecule has 56 valence electrons. The quantitative estimate of drug-likeness (QED) is 0.406. The van der Waals surface area contributed by atoms with Crippen LogP contribution in [0.3, 0.4) is 0 Å². The minimum Gasteiger partial charge on any atom is -0.359 e. The van der Waals surface area contributed by atoms with Crippen molar-refractivity contribution in [3.8, 4) is 0 Å². The van der Waals surface area contributed by atoms with Crippen molar-refractivity contribution >= 4 is 12.7 Å². The highest BCUT2D eigenvalue weighted by molar-refractivity contribution is 5.57. The molecule has 0 radical (unpaired) electrons. The van der Waals surface area contributed by atoms with Gasteiger partial charge >= 0.3 is 0 Å². The first-order chi connectivity index (χ1) is 4.93. The van der Waals surface area contributed by atoms with Gasteiger partial charge in [-0.2, -0.15) is 0 Å². The van der Waals surface area contributed by atoms with Crippen LogP contribution < -0.4 is 5.32 Å². The monoisotopic (exact) mass is 141 g/mol. The number of carbonyl (C=O) groups is 1. The number of hydrogen-bond donors (Lipinski definition) is 1. The van der Waals surface area contributed by atoms with E-state index in [1.165, 1.54) is 0 Å². The van der Waals surface area contributed by atoms with E-state index in [0.717, 1.165) is 19.6 Å². The molecule has 0 atom stereocenters. The third-order valence-electron chi connectivity index (χ3n) is 1.39.